The minimum Gasteiger partial charge on any atom is -0.456 e. The Morgan fingerprint density at radius 3 is 2.41 bits per heavy atom. The van der Waals surface area contributed by atoms with Gasteiger partial charge in [-0.3, -0.25) is 10.1 Å². The Balaban J connectivity index is 1.69. The predicted molar refractivity (Wildman–Crippen MR) is 115 cm³/mol. The summed E-state index contributed by atoms with van der Waals surface area (Å²) < 4.78 is 76.0. The monoisotopic (exact) mass is 479 g/mol. The molecule has 1 fully saturated rings. The molecule has 0 bridgehead atoms. The molecule has 1 heterocycles. The average Bonchev–Trinajstić information content (AvgIpc) is 3.41. The molecular weight excluding hydrogens is 457 g/mol. The quantitative estimate of drug-likeness (QED) is 0.433. The predicted octanol–water partition coefficient (Wildman–Crippen LogP) is 5.60. The molecule has 1 saturated carbocycles. The van der Waals surface area contributed by atoms with E-state index in [2.05, 4.69) is 10.6 Å². The minimum absolute atomic E-state index is 0.113. The van der Waals surface area contributed by atoms with Crippen LogP contribution in [0.15, 0.2) is 40.8 Å². The molecule has 0 spiro atoms. The Kier molecular flexibility index (Phi) is 5.80. The molecule has 10 heteroatoms. The van der Waals surface area contributed by atoms with Crippen molar-refractivity contribution < 1.29 is 31.2 Å². The normalized spacial score (nSPS) is 17.4. The highest BCUT2D eigenvalue weighted by Crippen LogP contribution is 2.38. The van der Waals surface area contributed by atoms with E-state index in [1.165, 1.54) is 36.4 Å². The Bertz CT molecular complexity index is 1280. The fourth-order valence-corrected chi connectivity index (χ4v) is 3.95. The van der Waals surface area contributed by atoms with E-state index in [-0.39, 0.29) is 11.1 Å². The zero-order valence-corrected chi connectivity index (χ0v) is 18.4. The van der Waals surface area contributed by atoms with Gasteiger partial charge in [0.2, 0.25) is 5.91 Å². The molecule has 1 aliphatic rings. The number of nitrogens with one attached hydrogen (secondary N) is 2. The number of rotatable bonds is 7. The lowest BCUT2D eigenvalue weighted by Crippen LogP contribution is -2.53. The Hall–Kier alpha value is -3.19. The van der Waals surface area contributed by atoms with Gasteiger partial charge in [0, 0.05) is 17.2 Å². The smallest absolute Gasteiger partial charge is 0.407 e. The second-order valence-electron chi connectivity index (χ2n) is 9.30. The van der Waals surface area contributed by atoms with Crippen LogP contribution < -0.4 is 10.6 Å². The number of hydrogen-bond acceptors (Lipinski definition) is 4. The van der Waals surface area contributed by atoms with Crippen LogP contribution in [-0.4, -0.2) is 29.3 Å². The highest BCUT2D eigenvalue weighted by Gasteiger charge is 2.48. The number of nitrogens with zero attached hydrogens (tertiary/aromatic N) is 1. The van der Waals surface area contributed by atoms with E-state index < -0.39 is 47.6 Å². The molecule has 5 nitrogen and oxygen atoms in total. The first kappa shape index (κ1) is 24.0. The fraction of sp³-hybridized carbons (Fsp3) is 0.417. The van der Waals surface area contributed by atoms with Crippen LogP contribution in [0, 0.1) is 17.1 Å². The van der Waals surface area contributed by atoms with Crippen molar-refractivity contribution in [3.05, 3.63) is 47.8 Å². The number of hydrogen-bond donors (Lipinski definition) is 2. The summed E-state index contributed by atoms with van der Waals surface area (Å²) in [4.78, 5) is 12.8. The Morgan fingerprint density at radius 2 is 1.82 bits per heavy atom. The van der Waals surface area contributed by atoms with E-state index >= 15 is 0 Å². The van der Waals surface area contributed by atoms with Gasteiger partial charge >= 0.3 is 6.18 Å². The van der Waals surface area contributed by atoms with Crippen molar-refractivity contribution in [2.45, 2.75) is 62.6 Å². The van der Waals surface area contributed by atoms with Crippen LogP contribution in [0.25, 0.3) is 21.9 Å². The van der Waals surface area contributed by atoms with E-state index in [1.54, 1.807) is 0 Å². The van der Waals surface area contributed by atoms with E-state index in [0.717, 1.165) is 13.8 Å². The lowest BCUT2D eigenvalue weighted by Gasteiger charge is -2.30. The molecular formula is C24H22F5N3O2. The van der Waals surface area contributed by atoms with Gasteiger partial charge in [-0.2, -0.15) is 18.4 Å². The summed E-state index contributed by atoms with van der Waals surface area (Å²) >= 11 is 0. The molecule has 2 aromatic carbocycles. The summed E-state index contributed by atoms with van der Waals surface area (Å²) in [5.74, 6) is -1.39. The molecule has 0 aliphatic heterocycles. The number of fused-ring (bicyclic) bond motifs is 3. The van der Waals surface area contributed by atoms with Gasteiger partial charge in [-0.15, -0.1) is 0 Å². The molecule has 2 unspecified atom stereocenters. The lowest BCUT2D eigenvalue weighted by molar-refractivity contribution is -0.161. The maximum atomic E-state index is 14.4. The van der Waals surface area contributed by atoms with Gasteiger partial charge in [-0.25, -0.2) is 8.78 Å². The van der Waals surface area contributed by atoms with Gasteiger partial charge in [0.05, 0.1) is 12.1 Å². The maximum Gasteiger partial charge on any atom is 0.407 e. The Morgan fingerprint density at radius 1 is 1.12 bits per heavy atom. The molecule has 1 aliphatic carbocycles. The van der Waals surface area contributed by atoms with Crippen LogP contribution in [-0.2, 0) is 4.79 Å². The summed E-state index contributed by atoms with van der Waals surface area (Å²) in [7, 11) is 0. The summed E-state index contributed by atoms with van der Waals surface area (Å²) in [5.41, 5.74) is -2.90. The highest BCUT2D eigenvalue weighted by molar-refractivity contribution is 6.05. The number of halogens is 5. The zero-order chi connectivity index (χ0) is 24.9. The average molecular weight is 479 g/mol. The van der Waals surface area contributed by atoms with Crippen molar-refractivity contribution in [3.8, 4) is 6.07 Å². The van der Waals surface area contributed by atoms with Gasteiger partial charge in [-0.1, -0.05) is 12.1 Å². The topological polar surface area (TPSA) is 78.1 Å². The first-order chi connectivity index (χ1) is 15.8. The number of amides is 1. The van der Waals surface area contributed by atoms with Gasteiger partial charge in [0.15, 0.2) is 0 Å². The van der Waals surface area contributed by atoms with Crippen molar-refractivity contribution in [2.24, 2.45) is 0 Å². The maximum absolute atomic E-state index is 14.4. The van der Waals surface area contributed by atoms with Crippen LogP contribution in [0.4, 0.5) is 22.0 Å². The molecule has 2 N–H and O–H groups in total. The molecule has 4 rings (SSSR count). The third kappa shape index (κ3) is 4.99. The number of furan rings is 1. The van der Waals surface area contributed by atoms with E-state index in [1.807, 2.05) is 6.07 Å². The van der Waals surface area contributed by atoms with Gasteiger partial charge < -0.3 is 9.73 Å². The van der Waals surface area contributed by atoms with Crippen LogP contribution in [0.3, 0.4) is 0 Å². The molecule has 180 valence electrons. The molecule has 1 amide bonds. The third-order valence-corrected chi connectivity index (χ3v) is 5.82. The molecule has 2 atom stereocenters. The first-order valence-electron chi connectivity index (χ1n) is 10.7. The van der Waals surface area contributed by atoms with Crippen molar-refractivity contribution in [2.75, 3.05) is 0 Å². The number of benzene rings is 2. The molecule has 0 saturated heterocycles. The Labute approximate surface area is 191 Å². The summed E-state index contributed by atoms with van der Waals surface area (Å²) in [6, 6.07) is 5.62. The second-order valence-corrected chi connectivity index (χ2v) is 9.30. The van der Waals surface area contributed by atoms with Crippen LogP contribution >= 0.6 is 0 Å². The van der Waals surface area contributed by atoms with Crippen LogP contribution in [0.5, 0.6) is 0 Å². The first-order valence-corrected chi connectivity index (χ1v) is 10.7. The van der Waals surface area contributed by atoms with Crippen molar-refractivity contribution >= 4 is 27.8 Å². The van der Waals surface area contributed by atoms with Crippen LogP contribution in [0.1, 0.15) is 44.7 Å². The molecule has 34 heavy (non-hydrogen) atoms. The third-order valence-electron chi connectivity index (χ3n) is 5.82. The van der Waals surface area contributed by atoms with Gasteiger partial charge in [0.1, 0.15) is 34.2 Å². The summed E-state index contributed by atoms with van der Waals surface area (Å²) in [6.45, 7) is 2.32. The lowest BCUT2D eigenvalue weighted by atomic mass is 9.97. The van der Waals surface area contributed by atoms with Gasteiger partial charge in [0.25, 0.3) is 0 Å². The van der Waals surface area contributed by atoms with Crippen molar-refractivity contribution in [1.29, 1.82) is 5.26 Å². The van der Waals surface area contributed by atoms with Gasteiger partial charge in [-0.05, 0) is 56.5 Å². The van der Waals surface area contributed by atoms with E-state index in [0.29, 0.717) is 29.2 Å². The highest BCUT2D eigenvalue weighted by atomic mass is 19.4. The standard InChI is InChI=1S/C24H22F5N3O2/c1-22(2,26)11-17(21(33)32-23(12-30)7-8-23)31-20(24(27,28)29)13-3-5-15-16-10-14(25)4-6-18(16)34-19(15)9-13/h3-6,9-10,17,20,31H,7-8,11H2,1-2H3,(H,32,33). The largest absolute Gasteiger partial charge is 0.456 e. The van der Waals surface area contributed by atoms with Crippen molar-refractivity contribution in [1.82, 2.24) is 10.6 Å². The molecule has 3 aromatic rings. The number of carbonyl (C=O) groups excluding carboxylic acids is 1. The fourth-order valence-electron chi connectivity index (χ4n) is 3.95. The summed E-state index contributed by atoms with van der Waals surface area (Å²) in [5, 5.41) is 14.8. The zero-order valence-electron chi connectivity index (χ0n) is 18.4. The van der Waals surface area contributed by atoms with Crippen molar-refractivity contribution in [3.63, 3.8) is 0 Å². The minimum atomic E-state index is -4.84. The van der Waals surface area contributed by atoms with E-state index in [9.17, 15) is 32.0 Å². The molecule has 0 radical (unpaired) electrons. The number of carbonyl (C=O) groups is 1. The van der Waals surface area contributed by atoms with Crippen LogP contribution in [0.2, 0.25) is 0 Å². The second kappa shape index (κ2) is 8.24. The number of nitriles is 1. The summed E-state index contributed by atoms with van der Waals surface area (Å²) in [6.07, 6.45) is -4.61. The SMILES string of the molecule is CC(C)(F)CC(NC(c1ccc2c(c1)oc1ccc(F)cc12)C(F)(F)F)C(=O)NC1(C#N)CC1. The number of alkyl halides is 4. The molecule has 1 aromatic heterocycles. The van der Waals surface area contributed by atoms with E-state index in [4.69, 9.17) is 4.42 Å².